The van der Waals surface area contributed by atoms with Gasteiger partial charge in [-0.1, -0.05) is 0 Å². The largest absolute Gasteiger partial charge is 1.00 e. The molecule has 0 aromatic heterocycles. The van der Waals surface area contributed by atoms with Gasteiger partial charge in [0.25, 0.3) is 0 Å². The Labute approximate surface area is 102 Å². The van der Waals surface area contributed by atoms with Gasteiger partial charge in [0.1, 0.15) is 0 Å². The van der Waals surface area contributed by atoms with Crippen molar-refractivity contribution >= 4 is 0 Å². The maximum absolute atomic E-state index is 0. The second-order valence-electron chi connectivity index (χ2n) is 0. The molecule has 6 heteroatoms. The van der Waals surface area contributed by atoms with E-state index in [9.17, 15) is 0 Å². The summed E-state index contributed by atoms with van der Waals surface area (Å²) in [5.41, 5.74) is 0. The summed E-state index contributed by atoms with van der Waals surface area (Å²) in [4.78, 5) is 0. The molecule has 0 spiro atoms. The van der Waals surface area contributed by atoms with Gasteiger partial charge in [-0.05, 0) is 0 Å². The molecule has 0 saturated heterocycles. The summed E-state index contributed by atoms with van der Waals surface area (Å²) in [5, 5.41) is 0. The molecule has 45 valence electrons. The summed E-state index contributed by atoms with van der Waals surface area (Å²) in [7, 11) is 0. The molecule has 0 aromatic rings. The maximum atomic E-state index is 0. The van der Waals surface area contributed by atoms with Crippen molar-refractivity contribution in [3.63, 3.8) is 0 Å². The van der Waals surface area contributed by atoms with Crippen LogP contribution in [0.4, 0.5) is 0 Å². The van der Waals surface area contributed by atoms with Crippen molar-refractivity contribution in [1.82, 2.24) is 0 Å². The first-order chi connectivity index (χ1) is 0. The van der Waals surface area contributed by atoms with E-state index < -0.39 is 0 Å². The number of hydrogen-bond acceptors (Lipinski definition) is 0. The van der Waals surface area contributed by atoms with Crippen LogP contribution in [-0.2, 0) is 18.6 Å². The molecule has 0 heterocycles. The van der Waals surface area contributed by atoms with E-state index in [0.717, 1.165) is 0 Å². The van der Waals surface area contributed by atoms with E-state index in [4.69, 9.17) is 0 Å². The van der Waals surface area contributed by atoms with E-state index in [1.165, 1.54) is 0 Å². The molecule has 0 aliphatic rings. The molecule has 0 rings (SSSR count). The van der Waals surface area contributed by atoms with Gasteiger partial charge in [-0.15, -0.1) is 0 Å². The summed E-state index contributed by atoms with van der Waals surface area (Å²) < 4.78 is 0. The molecule has 0 aromatic carbocycles. The normalized spacial score (nSPS) is 0. The minimum absolute atomic E-state index is 0. The fraction of sp³-hybridized carbons (Fsp3) is 0. The Balaban J connectivity index is 0. The fourth-order valence-corrected chi connectivity index (χ4v) is 0. The number of hydrogen-bond donors (Lipinski definition) is 0. The fourth-order valence-electron chi connectivity index (χ4n) is 0. The van der Waals surface area contributed by atoms with Gasteiger partial charge in [0.15, 0.2) is 0 Å². The summed E-state index contributed by atoms with van der Waals surface area (Å²) in [6.45, 7) is 0. The van der Waals surface area contributed by atoms with Crippen LogP contribution in [0.15, 0.2) is 0 Å². The predicted octanol–water partition coefficient (Wildman–Crippen LogP) is -15.0. The number of rotatable bonds is 0. The van der Waals surface area contributed by atoms with Crippen molar-refractivity contribution in [3.8, 4) is 0 Å². The van der Waals surface area contributed by atoms with Gasteiger partial charge in [0.2, 0.25) is 0 Å². The van der Waals surface area contributed by atoms with E-state index in [1.54, 1.807) is 0 Å². The Morgan fingerprint density at radius 3 is 0.333 bits per heavy atom. The van der Waals surface area contributed by atoms with Crippen LogP contribution in [-0.4, -0.2) is 0 Å². The van der Waals surface area contributed by atoms with Crippen LogP contribution in [0.25, 0.3) is 0 Å². The Morgan fingerprint density at radius 2 is 0.333 bits per heavy atom. The third-order valence-electron chi connectivity index (χ3n) is 0. The molecule has 0 bridgehead atoms. The van der Waals surface area contributed by atoms with E-state index >= 15 is 0 Å². The van der Waals surface area contributed by atoms with E-state index in [2.05, 4.69) is 0 Å². The van der Waals surface area contributed by atoms with Gasteiger partial charge in [-0.2, -0.15) is 0 Å². The van der Waals surface area contributed by atoms with Crippen molar-refractivity contribution < 1.29 is 103 Å². The molecule has 0 fully saturated rings. The SMILES string of the molecule is [Br-].[Br-].[Br-].[Br-].[Br-].[V]. The van der Waals surface area contributed by atoms with Crippen molar-refractivity contribution in [2.24, 2.45) is 0 Å². The monoisotopic (exact) mass is 446 g/mol. The average molecular weight is 450 g/mol. The molecule has 0 aliphatic heterocycles. The summed E-state index contributed by atoms with van der Waals surface area (Å²) in [5.74, 6) is 0. The average Bonchev–Trinajstić information content (AvgIpc) is 0. The van der Waals surface area contributed by atoms with Gasteiger partial charge >= 0.3 is 0 Å². The topological polar surface area (TPSA) is 0 Å². The van der Waals surface area contributed by atoms with E-state index in [0.29, 0.717) is 0 Å². The summed E-state index contributed by atoms with van der Waals surface area (Å²) >= 11 is 0. The van der Waals surface area contributed by atoms with Crippen LogP contribution in [0.1, 0.15) is 0 Å². The van der Waals surface area contributed by atoms with Gasteiger partial charge in [-0.3, -0.25) is 0 Å². The van der Waals surface area contributed by atoms with E-state index in [-0.39, 0.29) is 103 Å². The molecular weight excluding hydrogens is 450 g/mol. The molecule has 0 nitrogen and oxygen atoms in total. The van der Waals surface area contributed by atoms with Crippen molar-refractivity contribution in [2.75, 3.05) is 0 Å². The first kappa shape index (κ1) is 64.3. The van der Waals surface area contributed by atoms with Crippen LogP contribution in [0, 0.1) is 0 Å². The molecule has 0 amide bonds. The Hall–Kier alpha value is 2.98. The molecule has 1 radical (unpaired) electrons. The molecule has 0 unspecified atom stereocenters. The zero-order valence-electron chi connectivity index (χ0n) is 2.34. The van der Waals surface area contributed by atoms with Crippen LogP contribution >= 0.6 is 0 Å². The minimum atomic E-state index is 0. The third kappa shape index (κ3) is 28.1. The predicted molar refractivity (Wildman–Crippen MR) is 0 cm³/mol. The van der Waals surface area contributed by atoms with Crippen molar-refractivity contribution in [1.29, 1.82) is 0 Å². The summed E-state index contributed by atoms with van der Waals surface area (Å²) in [6.07, 6.45) is 0. The zero-order valence-corrected chi connectivity index (χ0v) is 11.7. The smallest absolute Gasteiger partial charge is 0 e. The van der Waals surface area contributed by atoms with Crippen molar-refractivity contribution in [3.05, 3.63) is 0 Å². The Kier molecular flexibility index (Phi) is 469. The van der Waals surface area contributed by atoms with Gasteiger partial charge < -0.3 is 84.9 Å². The molecule has 0 aliphatic carbocycles. The van der Waals surface area contributed by atoms with Gasteiger partial charge in [-0.25, -0.2) is 0 Å². The minimum Gasteiger partial charge on any atom is -1.00 e. The molecule has 0 saturated carbocycles. The maximum Gasteiger partial charge on any atom is 0 e. The standard InChI is InChI=1S/5BrH.V/h5*1H;/p-5. The zero-order chi connectivity index (χ0) is 0. The second kappa shape index (κ2) is 43.7. The van der Waals surface area contributed by atoms with Gasteiger partial charge in [0, 0.05) is 18.6 Å². The van der Waals surface area contributed by atoms with Crippen LogP contribution in [0.3, 0.4) is 0 Å². The van der Waals surface area contributed by atoms with Crippen LogP contribution in [0.5, 0.6) is 0 Å². The van der Waals surface area contributed by atoms with E-state index in [1.807, 2.05) is 0 Å². The molecule has 0 atom stereocenters. The molecule has 0 N–H and O–H groups in total. The van der Waals surface area contributed by atoms with Crippen LogP contribution < -0.4 is 84.9 Å². The summed E-state index contributed by atoms with van der Waals surface area (Å²) in [6, 6.07) is 0. The van der Waals surface area contributed by atoms with Gasteiger partial charge in [0.05, 0.1) is 0 Å². The Morgan fingerprint density at radius 1 is 0.333 bits per heavy atom. The third-order valence-corrected chi connectivity index (χ3v) is 0. The van der Waals surface area contributed by atoms with Crippen molar-refractivity contribution in [2.45, 2.75) is 0 Å². The first-order valence-electron chi connectivity index (χ1n) is 0. The Bertz CT molecular complexity index is 3.90. The molecule has 6 heavy (non-hydrogen) atoms. The second-order valence-corrected chi connectivity index (χ2v) is 0. The number of halogens is 5. The molecular formula is Br5V-5. The van der Waals surface area contributed by atoms with Crippen LogP contribution in [0.2, 0.25) is 0 Å². The first-order valence-corrected chi connectivity index (χ1v) is 0. The quantitative estimate of drug-likeness (QED) is 0.344.